The van der Waals surface area contributed by atoms with Gasteiger partial charge in [0, 0.05) is 30.4 Å². The van der Waals surface area contributed by atoms with Crippen molar-refractivity contribution in [3.63, 3.8) is 0 Å². The number of amides is 2. The van der Waals surface area contributed by atoms with E-state index >= 15 is 0 Å². The van der Waals surface area contributed by atoms with Crippen LogP contribution in [0.3, 0.4) is 0 Å². The van der Waals surface area contributed by atoms with Gasteiger partial charge >= 0.3 is 6.03 Å². The van der Waals surface area contributed by atoms with E-state index in [1.54, 1.807) is 6.20 Å². The molecular formula is C20H23N7O2. The van der Waals surface area contributed by atoms with Crippen LogP contribution in [0, 0.1) is 0 Å². The van der Waals surface area contributed by atoms with Crippen LogP contribution in [0.5, 0.6) is 0 Å². The number of rotatable bonds is 4. The Hall–Kier alpha value is -3.20. The molecule has 1 aliphatic carbocycles. The first-order chi connectivity index (χ1) is 14.2. The molecule has 2 aromatic heterocycles. The van der Waals surface area contributed by atoms with Crippen LogP contribution in [-0.4, -0.2) is 58.0 Å². The molecule has 3 aromatic rings. The molecule has 3 N–H and O–H groups in total. The SMILES string of the molecule is CC1CN(c2nc(-c3ccc(NC(=O)NC4CC4)cc3)nc3[nH]ncc23)CCO1. The molecular weight excluding hydrogens is 370 g/mol. The summed E-state index contributed by atoms with van der Waals surface area (Å²) >= 11 is 0. The summed E-state index contributed by atoms with van der Waals surface area (Å²) in [5.74, 6) is 1.48. The molecule has 2 aliphatic rings. The van der Waals surface area contributed by atoms with E-state index in [1.807, 2.05) is 24.3 Å². The van der Waals surface area contributed by atoms with Crippen molar-refractivity contribution in [1.82, 2.24) is 25.5 Å². The van der Waals surface area contributed by atoms with Gasteiger partial charge in [0.2, 0.25) is 0 Å². The van der Waals surface area contributed by atoms with Crippen LogP contribution in [0.1, 0.15) is 19.8 Å². The molecule has 1 saturated carbocycles. The lowest BCUT2D eigenvalue weighted by molar-refractivity contribution is 0.0530. The van der Waals surface area contributed by atoms with Crippen molar-refractivity contribution in [1.29, 1.82) is 0 Å². The molecule has 150 valence electrons. The van der Waals surface area contributed by atoms with Gasteiger partial charge in [-0.25, -0.2) is 14.8 Å². The van der Waals surface area contributed by atoms with Gasteiger partial charge in [0.15, 0.2) is 11.5 Å². The number of hydrogen-bond donors (Lipinski definition) is 3. The van der Waals surface area contributed by atoms with Crippen molar-refractivity contribution < 1.29 is 9.53 Å². The number of urea groups is 1. The third-order valence-corrected chi connectivity index (χ3v) is 5.14. The van der Waals surface area contributed by atoms with Gasteiger partial charge in [-0.15, -0.1) is 0 Å². The second-order valence-electron chi connectivity index (χ2n) is 7.58. The minimum atomic E-state index is -0.167. The van der Waals surface area contributed by atoms with Gasteiger partial charge in [-0.1, -0.05) is 0 Å². The smallest absolute Gasteiger partial charge is 0.319 e. The molecule has 0 bridgehead atoms. The summed E-state index contributed by atoms with van der Waals surface area (Å²) in [7, 11) is 0. The van der Waals surface area contributed by atoms with Crippen molar-refractivity contribution in [2.75, 3.05) is 29.9 Å². The number of carbonyl (C=O) groups excluding carboxylic acids is 1. The lowest BCUT2D eigenvalue weighted by Gasteiger charge is -2.32. The quantitative estimate of drug-likeness (QED) is 0.629. The minimum Gasteiger partial charge on any atom is -0.375 e. The van der Waals surface area contributed by atoms with Crippen molar-refractivity contribution in [3.05, 3.63) is 30.5 Å². The zero-order chi connectivity index (χ0) is 19.8. The maximum atomic E-state index is 11.9. The first-order valence-corrected chi connectivity index (χ1v) is 9.91. The fourth-order valence-electron chi connectivity index (χ4n) is 3.48. The fraction of sp³-hybridized carbons (Fsp3) is 0.400. The number of H-pyrrole nitrogens is 1. The summed E-state index contributed by atoms with van der Waals surface area (Å²) in [6.45, 7) is 4.28. The molecule has 9 heteroatoms. The highest BCUT2D eigenvalue weighted by molar-refractivity contribution is 5.90. The Kier molecular flexibility index (Phi) is 4.51. The maximum absolute atomic E-state index is 11.9. The van der Waals surface area contributed by atoms with Crippen molar-refractivity contribution in [2.24, 2.45) is 0 Å². The number of ether oxygens (including phenoxy) is 1. The van der Waals surface area contributed by atoms with Gasteiger partial charge in [0.1, 0.15) is 5.82 Å². The Labute approximate surface area is 167 Å². The van der Waals surface area contributed by atoms with Gasteiger partial charge in [0.25, 0.3) is 0 Å². The first-order valence-electron chi connectivity index (χ1n) is 9.91. The van der Waals surface area contributed by atoms with Crippen molar-refractivity contribution in [2.45, 2.75) is 31.9 Å². The zero-order valence-electron chi connectivity index (χ0n) is 16.2. The Morgan fingerprint density at radius 1 is 1.24 bits per heavy atom. The Bertz CT molecular complexity index is 1030. The van der Waals surface area contributed by atoms with Gasteiger partial charge < -0.3 is 20.3 Å². The van der Waals surface area contributed by atoms with Crippen LogP contribution >= 0.6 is 0 Å². The number of aromatic amines is 1. The van der Waals surface area contributed by atoms with E-state index in [9.17, 15) is 4.79 Å². The third kappa shape index (κ3) is 3.86. The normalized spacial score (nSPS) is 19.3. The molecule has 0 spiro atoms. The monoisotopic (exact) mass is 393 g/mol. The number of aromatic nitrogens is 4. The maximum Gasteiger partial charge on any atom is 0.319 e. The number of hydrogen-bond acceptors (Lipinski definition) is 6. The molecule has 3 heterocycles. The second-order valence-corrected chi connectivity index (χ2v) is 7.58. The number of fused-ring (bicyclic) bond motifs is 1. The standard InChI is InChI=1S/C20H23N7O2/c1-12-11-27(8-9-29-12)19-16-10-21-26-18(16)24-17(25-19)13-2-4-14(5-3-13)22-20(28)23-15-6-7-15/h2-5,10,12,15H,6-9,11H2,1H3,(H2,22,23,28)(H,21,24,25,26). The molecule has 5 rings (SSSR count). The highest BCUT2D eigenvalue weighted by atomic mass is 16.5. The molecule has 1 aromatic carbocycles. The van der Waals surface area contributed by atoms with Crippen LogP contribution in [-0.2, 0) is 4.74 Å². The van der Waals surface area contributed by atoms with E-state index in [4.69, 9.17) is 9.72 Å². The highest BCUT2D eigenvalue weighted by Crippen LogP contribution is 2.28. The van der Waals surface area contributed by atoms with E-state index in [1.165, 1.54) is 0 Å². The van der Waals surface area contributed by atoms with Gasteiger partial charge in [0.05, 0.1) is 24.3 Å². The van der Waals surface area contributed by atoms with Crippen LogP contribution in [0.4, 0.5) is 16.3 Å². The molecule has 1 saturated heterocycles. The van der Waals surface area contributed by atoms with Crippen LogP contribution in [0.2, 0.25) is 0 Å². The summed E-state index contributed by atoms with van der Waals surface area (Å²) < 4.78 is 5.66. The van der Waals surface area contributed by atoms with Gasteiger partial charge in [-0.2, -0.15) is 5.10 Å². The molecule has 2 fully saturated rings. The molecule has 1 unspecified atom stereocenters. The number of morpholine rings is 1. The third-order valence-electron chi connectivity index (χ3n) is 5.14. The zero-order valence-corrected chi connectivity index (χ0v) is 16.2. The van der Waals surface area contributed by atoms with Crippen LogP contribution in [0.15, 0.2) is 30.5 Å². The Balaban J connectivity index is 1.41. The number of carbonyl (C=O) groups is 1. The van der Waals surface area contributed by atoms with E-state index in [0.29, 0.717) is 24.1 Å². The molecule has 1 atom stereocenters. The first kappa shape index (κ1) is 17.9. The largest absolute Gasteiger partial charge is 0.375 e. The lowest BCUT2D eigenvalue weighted by Crippen LogP contribution is -2.41. The summed E-state index contributed by atoms with van der Waals surface area (Å²) in [6.07, 6.45) is 4.03. The van der Waals surface area contributed by atoms with E-state index in [2.05, 4.69) is 37.6 Å². The van der Waals surface area contributed by atoms with Crippen molar-refractivity contribution in [3.8, 4) is 11.4 Å². The van der Waals surface area contributed by atoms with E-state index in [0.717, 1.165) is 48.4 Å². The van der Waals surface area contributed by atoms with Crippen LogP contribution in [0.25, 0.3) is 22.4 Å². The molecule has 0 radical (unpaired) electrons. The molecule has 1 aliphatic heterocycles. The van der Waals surface area contributed by atoms with Gasteiger partial charge in [-0.3, -0.25) is 5.10 Å². The summed E-state index contributed by atoms with van der Waals surface area (Å²) in [5, 5.41) is 13.8. The topological polar surface area (TPSA) is 108 Å². The van der Waals surface area contributed by atoms with E-state index in [-0.39, 0.29) is 12.1 Å². The summed E-state index contributed by atoms with van der Waals surface area (Å²) in [6, 6.07) is 7.70. The molecule has 2 amide bonds. The predicted octanol–water partition coefficient (Wildman–Crippen LogP) is 2.53. The average Bonchev–Trinajstić information content (AvgIpc) is 3.40. The summed E-state index contributed by atoms with van der Waals surface area (Å²) in [5.41, 5.74) is 2.31. The predicted molar refractivity (Wildman–Crippen MR) is 110 cm³/mol. The minimum absolute atomic E-state index is 0.149. The second kappa shape index (κ2) is 7.32. The Morgan fingerprint density at radius 3 is 2.83 bits per heavy atom. The highest BCUT2D eigenvalue weighted by Gasteiger charge is 2.24. The Morgan fingerprint density at radius 2 is 2.07 bits per heavy atom. The van der Waals surface area contributed by atoms with Gasteiger partial charge in [-0.05, 0) is 44.0 Å². The lowest BCUT2D eigenvalue weighted by atomic mass is 10.2. The number of benzene rings is 1. The van der Waals surface area contributed by atoms with E-state index < -0.39 is 0 Å². The molecule has 9 nitrogen and oxygen atoms in total. The number of nitrogens with one attached hydrogen (secondary N) is 3. The van der Waals surface area contributed by atoms with Crippen molar-refractivity contribution >= 4 is 28.6 Å². The van der Waals surface area contributed by atoms with Crippen LogP contribution < -0.4 is 15.5 Å². The average molecular weight is 393 g/mol. The number of nitrogens with zero attached hydrogens (tertiary/aromatic N) is 4. The molecule has 29 heavy (non-hydrogen) atoms. The number of anilines is 2. The fourth-order valence-corrected chi connectivity index (χ4v) is 3.48. The summed E-state index contributed by atoms with van der Waals surface area (Å²) in [4.78, 5) is 23.6.